The molecule has 1 aliphatic heterocycles. The Kier molecular flexibility index (Phi) is 3.75. The number of hydrogen-bond acceptors (Lipinski definition) is 3. The topological polar surface area (TPSA) is 74.7 Å². The van der Waals surface area contributed by atoms with Gasteiger partial charge in [-0.2, -0.15) is 4.31 Å². The molecule has 1 aromatic carbocycles. The largest absolute Gasteiger partial charge is 0.480 e. The van der Waals surface area contributed by atoms with Crippen molar-refractivity contribution < 1.29 is 18.3 Å². The number of sulfonamides is 1. The highest BCUT2D eigenvalue weighted by Crippen LogP contribution is 2.30. The summed E-state index contributed by atoms with van der Waals surface area (Å²) in [6.07, 6.45) is 2.57. The molecule has 0 spiro atoms. The number of rotatable bonds is 4. The number of aliphatic carboxylic acids is 1. The molecular weight excluding hydrogens is 290 g/mol. The van der Waals surface area contributed by atoms with Gasteiger partial charge >= 0.3 is 5.97 Å². The first kappa shape index (κ1) is 14.5. The van der Waals surface area contributed by atoms with Crippen molar-refractivity contribution in [2.75, 3.05) is 12.3 Å². The Labute approximate surface area is 124 Å². The molecule has 1 saturated heterocycles. The second-order valence-electron chi connectivity index (χ2n) is 5.93. The molecule has 5 nitrogen and oxygen atoms in total. The molecule has 1 aromatic rings. The Hall–Kier alpha value is -1.40. The molecule has 1 N–H and O–H groups in total. The zero-order valence-corrected chi connectivity index (χ0v) is 12.6. The Balaban J connectivity index is 1.72. The number of carboxylic acids is 1. The van der Waals surface area contributed by atoms with Gasteiger partial charge in [-0.05, 0) is 42.7 Å². The molecule has 6 heteroatoms. The Morgan fingerprint density at radius 1 is 1.24 bits per heavy atom. The monoisotopic (exact) mass is 309 g/mol. The van der Waals surface area contributed by atoms with Crippen LogP contribution in [0.4, 0.5) is 0 Å². The van der Waals surface area contributed by atoms with Crippen molar-refractivity contribution in [2.45, 2.75) is 31.7 Å². The van der Waals surface area contributed by atoms with Crippen LogP contribution in [-0.2, 0) is 27.7 Å². The van der Waals surface area contributed by atoms with Crippen molar-refractivity contribution in [1.82, 2.24) is 4.31 Å². The molecule has 1 fully saturated rings. The third-order valence-electron chi connectivity index (χ3n) is 4.43. The van der Waals surface area contributed by atoms with Gasteiger partial charge in [0.05, 0.1) is 5.75 Å². The second kappa shape index (κ2) is 5.42. The van der Waals surface area contributed by atoms with Crippen LogP contribution in [0.2, 0.25) is 0 Å². The molecule has 0 amide bonds. The van der Waals surface area contributed by atoms with Crippen LogP contribution in [0, 0.1) is 5.92 Å². The average molecular weight is 309 g/mol. The molecule has 0 saturated carbocycles. The van der Waals surface area contributed by atoms with Gasteiger partial charge in [0.15, 0.2) is 0 Å². The maximum Gasteiger partial charge on any atom is 0.322 e. The second-order valence-corrected chi connectivity index (χ2v) is 7.89. The van der Waals surface area contributed by atoms with E-state index in [0.717, 1.165) is 12.8 Å². The van der Waals surface area contributed by atoms with E-state index in [2.05, 4.69) is 0 Å². The summed E-state index contributed by atoms with van der Waals surface area (Å²) >= 11 is 0. The highest BCUT2D eigenvalue weighted by Gasteiger charge is 2.40. The molecule has 1 heterocycles. The first-order valence-electron chi connectivity index (χ1n) is 7.26. The number of carboxylic acid groups (broad SMARTS) is 1. The van der Waals surface area contributed by atoms with Crippen LogP contribution >= 0.6 is 0 Å². The minimum absolute atomic E-state index is 0.0471. The van der Waals surface area contributed by atoms with Crippen molar-refractivity contribution >= 4 is 16.0 Å². The summed E-state index contributed by atoms with van der Waals surface area (Å²) < 4.78 is 26.2. The van der Waals surface area contributed by atoms with Crippen molar-refractivity contribution in [3.63, 3.8) is 0 Å². The zero-order chi connectivity index (χ0) is 15.0. The number of benzene rings is 1. The lowest BCUT2D eigenvalue weighted by atomic mass is 10.1. The van der Waals surface area contributed by atoms with Crippen LogP contribution in [0.25, 0.3) is 0 Å². The van der Waals surface area contributed by atoms with Crippen LogP contribution in [0.3, 0.4) is 0 Å². The lowest BCUT2D eigenvalue weighted by Crippen LogP contribution is -2.42. The highest BCUT2D eigenvalue weighted by molar-refractivity contribution is 7.89. The van der Waals surface area contributed by atoms with Crippen molar-refractivity contribution in [2.24, 2.45) is 5.92 Å². The van der Waals surface area contributed by atoms with E-state index in [1.807, 2.05) is 24.3 Å². The molecule has 0 radical (unpaired) electrons. The van der Waals surface area contributed by atoms with E-state index in [1.165, 1.54) is 15.4 Å². The van der Waals surface area contributed by atoms with Gasteiger partial charge in [0.25, 0.3) is 0 Å². The number of fused-ring (bicyclic) bond motifs is 1. The maximum absolute atomic E-state index is 12.5. The molecule has 1 atom stereocenters. The van der Waals surface area contributed by atoms with Crippen molar-refractivity contribution in [3.8, 4) is 0 Å². The molecule has 0 bridgehead atoms. The normalized spacial score (nSPS) is 23.3. The standard InChI is InChI=1S/C15H19NO4S/c17-15(18)14-6-3-7-16(14)21(19,20)10-11-8-12-4-1-2-5-13(12)9-11/h1-2,4-5,11,14H,3,6-10H2,(H,17,18). The van der Waals surface area contributed by atoms with Gasteiger partial charge in [-0.1, -0.05) is 24.3 Å². The van der Waals surface area contributed by atoms with Crippen molar-refractivity contribution in [1.29, 1.82) is 0 Å². The van der Waals surface area contributed by atoms with Crippen LogP contribution < -0.4 is 0 Å². The third kappa shape index (κ3) is 2.82. The smallest absolute Gasteiger partial charge is 0.322 e. The quantitative estimate of drug-likeness (QED) is 0.909. The molecule has 2 aliphatic rings. The Bertz CT molecular complexity index is 630. The Morgan fingerprint density at radius 2 is 1.86 bits per heavy atom. The fourth-order valence-corrected chi connectivity index (χ4v) is 5.49. The molecule has 3 rings (SSSR count). The lowest BCUT2D eigenvalue weighted by Gasteiger charge is -2.22. The lowest BCUT2D eigenvalue weighted by molar-refractivity contribution is -0.140. The van der Waals surface area contributed by atoms with Gasteiger partial charge in [-0.3, -0.25) is 4.79 Å². The maximum atomic E-state index is 12.5. The minimum atomic E-state index is -3.50. The van der Waals surface area contributed by atoms with Gasteiger partial charge < -0.3 is 5.11 Å². The van der Waals surface area contributed by atoms with E-state index in [1.54, 1.807) is 0 Å². The molecule has 21 heavy (non-hydrogen) atoms. The van der Waals surface area contributed by atoms with Crippen LogP contribution in [0.1, 0.15) is 24.0 Å². The predicted molar refractivity (Wildman–Crippen MR) is 78.5 cm³/mol. The van der Waals surface area contributed by atoms with E-state index in [0.29, 0.717) is 19.4 Å². The summed E-state index contributed by atoms with van der Waals surface area (Å²) in [6, 6.07) is 7.14. The summed E-state index contributed by atoms with van der Waals surface area (Å²) in [5.41, 5.74) is 2.43. The zero-order valence-electron chi connectivity index (χ0n) is 11.7. The van der Waals surface area contributed by atoms with Gasteiger partial charge in [0, 0.05) is 6.54 Å². The van der Waals surface area contributed by atoms with Crippen LogP contribution in [-0.4, -0.2) is 42.1 Å². The minimum Gasteiger partial charge on any atom is -0.480 e. The molecular formula is C15H19NO4S. The summed E-state index contributed by atoms with van der Waals surface area (Å²) in [6.45, 7) is 0.332. The van der Waals surface area contributed by atoms with E-state index in [9.17, 15) is 13.2 Å². The van der Waals surface area contributed by atoms with E-state index < -0.39 is 22.0 Å². The highest BCUT2D eigenvalue weighted by atomic mass is 32.2. The summed E-state index contributed by atoms with van der Waals surface area (Å²) in [5.74, 6) is -0.931. The van der Waals surface area contributed by atoms with Gasteiger partial charge in [0.1, 0.15) is 6.04 Å². The average Bonchev–Trinajstić information content (AvgIpc) is 3.04. The van der Waals surface area contributed by atoms with E-state index >= 15 is 0 Å². The summed E-state index contributed by atoms with van der Waals surface area (Å²) in [5, 5.41) is 9.14. The SMILES string of the molecule is O=C(O)C1CCCN1S(=O)(=O)CC1Cc2ccccc2C1. The van der Waals surface area contributed by atoms with E-state index in [-0.39, 0.29) is 11.7 Å². The van der Waals surface area contributed by atoms with E-state index in [4.69, 9.17) is 5.11 Å². The molecule has 114 valence electrons. The number of nitrogens with zero attached hydrogens (tertiary/aromatic N) is 1. The van der Waals surface area contributed by atoms with Crippen molar-refractivity contribution in [3.05, 3.63) is 35.4 Å². The number of carbonyl (C=O) groups is 1. The fraction of sp³-hybridized carbons (Fsp3) is 0.533. The summed E-state index contributed by atoms with van der Waals surface area (Å²) in [4.78, 5) is 11.2. The molecule has 0 aromatic heterocycles. The number of hydrogen-bond donors (Lipinski definition) is 1. The van der Waals surface area contributed by atoms with Gasteiger partial charge in [-0.25, -0.2) is 8.42 Å². The molecule has 1 aliphatic carbocycles. The molecule has 1 unspecified atom stereocenters. The van der Waals surface area contributed by atoms with Crippen LogP contribution in [0.15, 0.2) is 24.3 Å². The predicted octanol–water partition coefficient (Wildman–Crippen LogP) is 1.28. The van der Waals surface area contributed by atoms with Crippen LogP contribution in [0.5, 0.6) is 0 Å². The first-order valence-corrected chi connectivity index (χ1v) is 8.87. The Morgan fingerprint density at radius 3 is 2.43 bits per heavy atom. The summed E-state index contributed by atoms with van der Waals surface area (Å²) in [7, 11) is -3.50. The van der Waals surface area contributed by atoms with Gasteiger partial charge in [-0.15, -0.1) is 0 Å². The van der Waals surface area contributed by atoms with Gasteiger partial charge in [0.2, 0.25) is 10.0 Å². The third-order valence-corrected chi connectivity index (χ3v) is 6.47. The fourth-order valence-electron chi connectivity index (χ4n) is 3.48. The first-order chi connectivity index (χ1) is 9.97.